The maximum Gasteiger partial charge on any atom is 0.230 e. The number of rotatable bonds is 4. The van der Waals surface area contributed by atoms with Gasteiger partial charge in [0, 0.05) is 18.9 Å². The van der Waals surface area contributed by atoms with Gasteiger partial charge in [-0.15, -0.1) is 0 Å². The molecule has 3 heteroatoms. The number of benzene rings is 1. The van der Waals surface area contributed by atoms with Crippen molar-refractivity contribution in [1.29, 1.82) is 0 Å². The second kappa shape index (κ2) is 5.16. The molecule has 1 aromatic carbocycles. The molecule has 1 aromatic heterocycles. The maximum atomic E-state index is 12.6. The van der Waals surface area contributed by atoms with Gasteiger partial charge in [0.05, 0.1) is 5.41 Å². The topological polar surface area (TPSA) is 44.9 Å². The number of carbonyl (C=O) groups excluding carboxylic acids is 1. The number of hydrogen-bond donors (Lipinski definition) is 2. The van der Waals surface area contributed by atoms with E-state index in [1.807, 2.05) is 24.5 Å². The van der Waals surface area contributed by atoms with Crippen molar-refractivity contribution < 1.29 is 4.79 Å². The first kappa shape index (κ1) is 13.0. The van der Waals surface area contributed by atoms with Crippen molar-refractivity contribution >= 4 is 5.91 Å². The Morgan fingerprint density at radius 3 is 2.80 bits per heavy atom. The van der Waals surface area contributed by atoms with E-state index < -0.39 is 0 Å². The monoisotopic (exact) mass is 268 g/mol. The Morgan fingerprint density at radius 1 is 1.35 bits per heavy atom. The molecule has 1 aliphatic rings. The fraction of sp³-hybridized carbons (Fsp3) is 0.353. The normalized spacial score (nSPS) is 16.4. The fourth-order valence-corrected chi connectivity index (χ4v) is 2.94. The summed E-state index contributed by atoms with van der Waals surface area (Å²) in [5.41, 5.74) is 3.18. The lowest BCUT2D eigenvalue weighted by Crippen LogP contribution is -2.49. The van der Waals surface area contributed by atoms with E-state index in [1.165, 1.54) is 5.56 Å². The molecular formula is C17H20N2O. The highest BCUT2D eigenvalue weighted by Gasteiger charge is 2.45. The Morgan fingerprint density at radius 2 is 2.20 bits per heavy atom. The zero-order chi connectivity index (χ0) is 14.0. The van der Waals surface area contributed by atoms with Crippen LogP contribution >= 0.6 is 0 Å². The summed E-state index contributed by atoms with van der Waals surface area (Å²) in [6, 6.07) is 10.3. The minimum Gasteiger partial charge on any atom is -0.367 e. The van der Waals surface area contributed by atoms with Gasteiger partial charge in [-0.05, 0) is 37.0 Å². The van der Waals surface area contributed by atoms with Crippen LogP contribution in [0.25, 0.3) is 0 Å². The molecule has 3 nitrogen and oxygen atoms in total. The second-order valence-electron chi connectivity index (χ2n) is 5.71. The van der Waals surface area contributed by atoms with Crippen LogP contribution in [0.1, 0.15) is 36.0 Å². The molecule has 3 rings (SSSR count). The van der Waals surface area contributed by atoms with Gasteiger partial charge in [-0.25, -0.2) is 0 Å². The quantitative estimate of drug-likeness (QED) is 0.879. The van der Waals surface area contributed by atoms with Gasteiger partial charge in [0.25, 0.3) is 0 Å². The van der Waals surface area contributed by atoms with Crippen LogP contribution in [0.15, 0.2) is 42.7 Å². The number of aromatic nitrogens is 1. The number of nitrogens with one attached hydrogen (secondary N) is 2. The number of H-pyrrole nitrogens is 1. The molecule has 20 heavy (non-hydrogen) atoms. The number of hydrogen-bond acceptors (Lipinski definition) is 1. The van der Waals surface area contributed by atoms with Crippen molar-refractivity contribution in [2.45, 2.75) is 38.1 Å². The Kier molecular flexibility index (Phi) is 3.35. The third-order valence-electron chi connectivity index (χ3n) is 4.33. The molecule has 1 fully saturated rings. The lowest BCUT2D eigenvalue weighted by atomic mass is 9.63. The van der Waals surface area contributed by atoms with Gasteiger partial charge in [0.1, 0.15) is 0 Å². The first-order valence-corrected chi connectivity index (χ1v) is 7.18. The highest BCUT2D eigenvalue weighted by molar-refractivity contribution is 5.89. The van der Waals surface area contributed by atoms with E-state index >= 15 is 0 Å². The van der Waals surface area contributed by atoms with E-state index in [0.29, 0.717) is 6.54 Å². The van der Waals surface area contributed by atoms with Crippen LogP contribution in [-0.2, 0) is 16.8 Å². The molecule has 0 unspecified atom stereocenters. The van der Waals surface area contributed by atoms with E-state index in [-0.39, 0.29) is 11.3 Å². The van der Waals surface area contributed by atoms with Gasteiger partial charge < -0.3 is 10.3 Å². The predicted octanol–water partition coefficient (Wildman–Crippen LogP) is 3.06. The molecular weight excluding hydrogens is 248 g/mol. The maximum absolute atomic E-state index is 12.6. The molecule has 0 radical (unpaired) electrons. The molecule has 1 saturated carbocycles. The Balaban J connectivity index is 1.76. The van der Waals surface area contributed by atoms with Crippen LogP contribution in [0.3, 0.4) is 0 Å². The summed E-state index contributed by atoms with van der Waals surface area (Å²) < 4.78 is 0. The molecule has 1 amide bonds. The zero-order valence-electron chi connectivity index (χ0n) is 11.8. The van der Waals surface area contributed by atoms with Crippen molar-refractivity contribution in [3.63, 3.8) is 0 Å². The van der Waals surface area contributed by atoms with Crippen molar-refractivity contribution in [2.75, 3.05) is 0 Å². The lowest BCUT2D eigenvalue weighted by molar-refractivity contribution is -0.130. The molecule has 2 aromatic rings. The minimum atomic E-state index is -0.303. The Hall–Kier alpha value is -2.03. The predicted molar refractivity (Wildman–Crippen MR) is 79.3 cm³/mol. The van der Waals surface area contributed by atoms with E-state index in [9.17, 15) is 4.79 Å². The van der Waals surface area contributed by atoms with Crippen LogP contribution in [0.5, 0.6) is 0 Å². The third kappa shape index (κ3) is 2.24. The van der Waals surface area contributed by atoms with Gasteiger partial charge in [-0.1, -0.05) is 36.2 Å². The third-order valence-corrected chi connectivity index (χ3v) is 4.33. The smallest absolute Gasteiger partial charge is 0.230 e. The fourth-order valence-electron chi connectivity index (χ4n) is 2.94. The van der Waals surface area contributed by atoms with Crippen LogP contribution < -0.4 is 5.32 Å². The van der Waals surface area contributed by atoms with E-state index in [0.717, 1.165) is 30.4 Å². The Bertz CT molecular complexity index is 597. The average Bonchev–Trinajstić information content (AvgIpc) is 2.88. The summed E-state index contributed by atoms with van der Waals surface area (Å²) in [6.07, 6.45) is 6.83. The standard InChI is InChI=1S/C17H20N2O/c1-13-4-2-5-15(10-13)17(7-3-8-17)16(20)19-12-14-6-9-18-11-14/h2,4-6,9-11,18H,3,7-8,12H2,1H3,(H,19,20). The van der Waals surface area contributed by atoms with Gasteiger partial charge in [-0.2, -0.15) is 0 Å². The van der Waals surface area contributed by atoms with Crippen LogP contribution in [0.2, 0.25) is 0 Å². The second-order valence-corrected chi connectivity index (χ2v) is 5.71. The molecule has 0 saturated heterocycles. The molecule has 104 valence electrons. The molecule has 0 atom stereocenters. The van der Waals surface area contributed by atoms with E-state index in [2.05, 4.69) is 35.4 Å². The van der Waals surface area contributed by atoms with Crippen molar-refractivity contribution in [2.24, 2.45) is 0 Å². The number of carbonyl (C=O) groups is 1. The number of aromatic amines is 1. The summed E-state index contributed by atoms with van der Waals surface area (Å²) in [7, 11) is 0. The molecule has 2 N–H and O–H groups in total. The molecule has 0 bridgehead atoms. The lowest BCUT2D eigenvalue weighted by Gasteiger charge is -2.41. The summed E-state index contributed by atoms with van der Waals surface area (Å²) in [4.78, 5) is 15.6. The number of aryl methyl sites for hydroxylation is 1. The van der Waals surface area contributed by atoms with E-state index in [1.54, 1.807) is 0 Å². The largest absolute Gasteiger partial charge is 0.367 e. The molecule has 1 heterocycles. The molecule has 0 spiro atoms. The SMILES string of the molecule is Cc1cccc(C2(C(=O)NCc3cc[nH]c3)CCC2)c1. The molecule has 0 aliphatic heterocycles. The highest BCUT2D eigenvalue weighted by atomic mass is 16.2. The summed E-state index contributed by atoms with van der Waals surface area (Å²) in [5, 5.41) is 3.09. The summed E-state index contributed by atoms with van der Waals surface area (Å²) in [6.45, 7) is 2.67. The first-order chi connectivity index (χ1) is 9.71. The Labute approximate surface area is 119 Å². The van der Waals surface area contributed by atoms with Gasteiger partial charge in [0.2, 0.25) is 5.91 Å². The van der Waals surface area contributed by atoms with Crippen molar-refractivity contribution in [1.82, 2.24) is 10.3 Å². The summed E-state index contributed by atoms with van der Waals surface area (Å²) in [5.74, 6) is 0.163. The van der Waals surface area contributed by atoms with Crippen LogP contribution in [0.4, 0.5) is 0 Å². The minimum absolute atomic E-state index is 0.163. The van der Waals surface area contributed by atoms with Gasteiger partial charge in [-0.3, -0.25) is 4.79 Å². The van der Waals surface area contributed by atoms with E-state index in [4.69, 9.17) is 0 Å². The van der Waals surface area contributed by atoms with Crippen molar-refractivity contribution in [3.8, 4) is 0 Å². The van der Waals surface area contributed by atoms with Crippen LogP contribution in [-0.4, -0.2) is 10.9 Å². The average molecular weight is 268 g/mol. The summed E-state index contributed by atoms with van der Waals surface area (Å²) >= 11 is 0. The zero-order valence-corrected chi connectivity index (χ0v) is 11.8. The van der Waals surface area contributed by atoms with Crippen molar-refractivity contribution in [3.05, 3.63) is 59.4 Å². The van der Waals surface area contributed by atoms with Gasteiger partial charge in [0.15, 0.2) is 0 Å². The van der Waals surface area contributed by atoms with Crippen LogP contribution in [0, 0.1) is 6.92 Å². The molecule has 1 aliphatic carbocycles. The number of amides is 1. The first-order valence-electron chi connectivity index (χ1n) is 7.18. The highest BCUT2D eigenvalue weighted by Crippen LogP contribution is 2.44. The van der Waals surface area contributed by atoms with Gasteiger partial charge >= 0.3 is 0 Å².